The minimum absolute atomic E-state index is 0.0497. The third kappa shape index (κ3) is 6.36. The van der Waals surface area contributed by atoms with Crippen LogP contribution in [0.15, 0.2) is 72.5 Å². The van der Waals surface area contributed by atoms with Gasteiger partial charge in [-0.05, 0) is 38.1 Å². The maximum Gasteiger partial charge on any atom is 0.646 e. The number of benzene rings is 2. The van der Waals surface area contributed by atoms with Gasteiger partial charge in [0.15, 0.2) is 0 Å². The maximum atomic E-state index is 13.0. The van der Waals surface area contributed by atoms with Crippen LogP contribution in [0.4, 0.5) is 0 Å². The first-order chi connectivity index (χ1) is 12.0. The van der Waals surface area contributed by atoms with Crippen LogP contribution in [0.25, 0.3) is 0 Å². The predicted molar refractivity (Wildman–Crippen MR) is 93.2 cm³/mol. The van der Waals surface area contributed by atoms with Crippen molar-refractivity contribution < 1.29 is 27.7 Å². The van der Waals surface area contributed by atoms with Crippen molar-refractivity contribution in [1.29, 1.82) is 0 Å². The summed E-state index contributed by atoms with van der Waals surface area (Å²) in [5, 5.41) is 0. The van der Waals surface area contributed by atoms with Crippen molar-refractivity contribution in [3.8, 4) is 11.5 Å². The molecule has 0 aromatic heterocycles. The van der Waals surface area contributed by atoms with Crippen LogP contribution in [0.5, 0.6) is 11.5 Å². The van der Waals surface area contributed by atoms with Gasteiger partial charge >= 0.3 is 13.8 Å². The molecular weight excluding hydrogens is 343 g/mol. The molecule has 0 aliphatic heterocycles. The Hall–Kier alpha value is -2.72. The fourth-order valence-electron chi connectivity index (χ4n) is 1.83. The van der Waals surface area contributed by atoms with Crippen LogP contribution >= 0.6 is 7.82 Å². The van der Waals surface area contributed by atoms with E-state index in [-0.39, 0.29) is 12.4 Å². The Labute approximate surface area is 146 Å². The maximum absolute atomic E-state index is 13.0. The van der Waals surface area contributed by atoms with Gasteiger partial charge in [0.2, 0.25) is 0 Å². The lowest BCUT2D eigenvalue weighted by Gasteiger charge is -2.19. The molecule has 25 heavy (non-hydrogen) atoms. The predicted octanol–water partition coefficient (Wildman–Crippen LogP) is 4.74. The number of allylic oxidation sites excluding steroid dienone is 1. The van der Waals surface area contributed by atoms with Gasteiger partial charge < -0.3 is 18.3 Å². The van der Waals surface area contributed by atoms with Crippen molar-refractivity contribution >= 4 is 13.8 Å². The number of ether oxygens (including phenoxy) is 1. The number of rotatable bonds is 8. The van der Waals surface area contributed by atoms with Crippen LogP contribution < -0.4 is 9.05 Å². The number of phosphoric ester groups is 1. The van der Waals surface area contributed by atoms with Gasteiger partial charge in [-0.3, -0.25) is 0 Å². The Morgan fingerprint density at radius 3 is 1.88 bits per heavy atom. The largest absolute Gasteiger partial charge is 0.646 e. The molecule has 0 heterocycles. The van der Waals surface area contributed by atoms with Crippen LogP contribution in [0.3, 0.4) is 0 Å². The van der Waals surface area contributed by atoms with E-state index in [9.17, 15) is 9.36 Å². The van der Waals surface area contributed by atoms with Crippen LogP contribution in [0.2, 0.25) is 0 Å². The lowest BCUT2D eigenvalue weighted by molar-refractivity contribution is -0.137. The summed E-state index contributed by atoms with van der Waals surface area (Å²) in [6, 6.07) is 17.0. The van der Waals surface area contributed by atoms with Gasteiger partial charge in [-0.25, -0.2) is 4.79 Å². The molecule has 0 fully saturated rings. The van der Waals surface area contributed by atoms with Gasteiger partial charge in [0, 0.05) is 0 Å². The molecule has 2 aromatic rings. The molecule has 0 saturated heterocycles. The zero-order chi connectivity index (χ0) is 18.1. The Morgan fingerprint density at radius 1 is 0.960 bits per heavy atom. The lowest BCUT2D eigenvalue weighted by Crippen LogP contribution is -2.06. The van der Waals surface area contributed by atoms with Crippen molar-refractivity contribution in [3.63, 3.8) is 0 Å². The molecule has 0 bridgehead atoms. The average molecular weight is 362 g/mol. The third-order valence-electron chi connectivity index (χ3n) is 2.78. The van der Waals surface area contributed by atoms with E-state index in [1.807, 2.05) is 0 Å². The molecule has 2 rings (SSSR count). The summed E-state index contributed by atoms with van der Waals surface area (Å²) >= 11 is 0. The van der Waals surface area contributed by atoms with Crippen molar-refractivity contribution in [3.05, 3.63) is 72.5 Å². The molecular formula is C18H19O6P. The molecule has 0 unspecified atom stereocenters. The van der Waals surface area contributed by atoms with Gasteiger partial charge in [0.05, 0.1) is 12.7 Å². The number of hydrogen-bond acceptors (Lipinski definition) is 6. The number of carbonyl (C=O) groups excluding carboxylic acids is 1. The number of carbonyl (C=O) groups is 1. The fraction of sp³-hybridized carbons (Fsp3) is 0.167. The molecule has 6 nitrogen and oxygen atoms in total. The second kappa shape index (κ2) is 8.94. The van der Waals surface area contributed by atoms with Crippen molar-refractivity contribution in [2.24, 2.45) is 0 Å². The molecule has 0 radical (unpaired) electrons. The standard InChI is InChI=1S/C18H19O6P/c1-3-21-18(19)14-15(2)22-25(20,23-16-10-6-4-7-11-16)24-17-12-8-5-9-13-17/h4-14H,3H2,1-2H3. The van der Waals surface area contributed by atoms with Crippen LogP contribution in [-0.4, -0.2) is 12.6 Å². The fourth-order valence-corrected chi connectivity index (χ4v) is 3.11. The summed E-state index contributed by atoms with van der Waals surface area (Å²) in [5.41, 5.74) is 0. The minimum atomic E-state index is -4.07. The second-order valence-corrected chi connectivity index (χ2v) is 6.30. The highest BCUT2D eigenvalue weighted by Crippen LogP contribution is 2.51. The topological polar surface area (TPSA) is 71.1 Å². The Balaban J connectivity index is 2.22. The van der Waals surface area contributed by atoms with Crippen molar-refractivity contribution in [2.45, 2.75) is 13.8 Å². The third-order valence-corrected chi connectivity index (χ3v) is 4.16. The monoisotopic (exact) mass is 362 g/mol. The Morgan fingerprint density at radius 2 is 1.44 bits per heavy atom. The van der Waals surface area contributed by atoms with E-state index in [2.05, 4.69) is 0 Å². The Kier molecular flexibility index (Phi) is 6.66. The number of esters is 1. The summed E-state index contributed by atoms with van der Waals surface area (Å²) in [6.45, 7) is 3.37. The zero-order valence-corrected chi connectivity index (χ0v) is 14.8. The van der Waals surface area contributed by atoms with E-state index in [1.54, 1.807) is 67.6 Å². The normalized spacial score (nSPS) is 11.5. The first-order valence-electron chi connectivity index (χ1n) is 7.65. The van der Waals surface area contributed by atoms with E-state index < -0.39 is 13.8 Å². The molecule has 132 valence electrons. The van der Waals surface area contributed by atoms with Crippen LogP contribution in [-0.2, 0) is 18.6 Å². The van der Waals surface area contributed by atoms with Crippen LogP contribution in [0.1, 0.15) is 13.8 Å². The smallest absolute Gasteiger partial charge is 0.463 e. The highest BCUT2D eigenvalue weighted by atomic mass is 31.2. The molecule has 0 aliphatic rings. The summed E-state index contributed by atoms with van der Waals surface area (Å²) in [6.07, 6.45) is 1.08. The van der Waals surface area contributed by atoms with Gasteiger partial charge in [0.25, 0.3) is 0 Å². The summed E-state index contributed by atoms with van der Waals surface area (Å²) in [7, 11) is -4.07. The molecule has 0 aliphatic carbocycles. The van der Waals surface area contributed by atoms with Crippen LogP contribution in [0, 0.1) is 0 Å². The summed E-state index contributed by atoms with van der Waals surface area (Å²) in [4.78, 5) is 11.5. The van der Waals surface area contributed by atoms with Gasteiger partial charge in [-0.1, -0.05) is 36.4 Å². The molecule has 0 saturated carbocycles. The lowest BCUT2D eigenvalue weighted by atomic mass is 10.3. The molecule has 0 N–H and O–H groups in total. The molecule has 0 atom stereocenters. The second-order valence-electron chi connectivity index (χ2n) is 4.85. The van der Waals surface area contributed by atoms with Gasteiger partial charge in [0.1, 0.15) is 17.3 Å². The van der Waals surface area contributed by atoms with E-state index in [4.69, 9.17) is 18.3 Å². The highest BCUT2D eigenvalue weighted by molar-refractivity contribution is 7.49. The van der Waals surface area contributed by atoms with Gasteiger partial charge in [-0.15, -0.1) is 0 Å². The number of phosphoric acid groups is 1. The molecule has 0 amide bonds. The Bertz CT molecular complexity index is 712. The first-order valence-corrected chi connectivity index (χ1v) is 9.11. The van der Waals surface area contributed by atoms with Crippen molar-refractivity contribution in [2.75, 3.05) is 6.61 Å². The van der Waals surface area contributed by atoms with E-state index in [0.29, 0.717) is 11.5 Å². The number of para-hydroxylation sites is 2. The number of hydrogen-bond donors (Lipinski definition) is 0. The van der Waals surface area contributed by atoms with Crippen molar-refractivity contribution in [1.82, 2.24) is 0 Å². The van der Waals surface area contributed by atoms with E-state index in [1.165, 1.54) is 6.92 Å². The molecule has 2 aromatic carbocycles. The quantitative estimate of drug-likeness (QED) is 0.292. The zero-order valence-electron chi connectivity index (χ0n) is 14.0. The molecule has 0 spiro atoms. The highest BCUT2D eigenvalue weighted by Gasteiger charge is 2.33. The van der Waals surface area contributed by atoms with E-state index >= 15 is 0 Å². The summed E-state index contributed by atoms with van der Waals surface area (Å²) in [5.74, 6) is 0.0658. The SMILES string of the molecule is CCOC(=O)C=C(C)OP(=O)(Oc1ccccc1)Oc1ccccc1. The average Bonchev–Trinajstić information content (AvgIpc) is 2.56. The molecule has 7 heteroatoms. The summed E-state index contributed by atoms with van der Waals surface area (Å²) < 4.78 is 34.0. The van der Waals surface area contributed by atoms with Gasteiger partial charge in [-0.2, -0.15) is 4.57 Å². The minimum Gasteiger partial charge on any atom is -0.463 e. The van der Waals surface area contributed by atoms with E-state index in [0.717, 1.165) is 6.08 Å². The first kappa shape index (κ1) is 18.6.